The zero-order chi connectivity index (χ0) is 15.8. The summed E-state index contributed by atoms with van der Waals surface area (Å²) in [6.07, 6.45) is 4.97. The predicted molar refractivity (Wildman–Crippen MR) is 90.1 cm³/mol. The van der Waals surface area contributed by atoms with Crippen LogP contribution in [0.3, 0.4) is 0 Å². The van der Waals surface area contributed by atoms with E-state index in [1.165, 1.54) is 0 Å². The fourth-order valence-electron chi connectivity index (χ4n) is 2.87. The number of nitrogens with zero attached hydrogens (tertiary/aromatic N) is 3. The van der Waals surface area contributed by atoms with Gasteiger partial charge in [0.2, 0.25) is 0 Å². The maximum absolute atomic E-state index is 12.6. The zero-order valence-electron chi connectivity index (χ0n) is 12.6. The predicted octanol–water partition coefficient (Wildman–Crippen LogP) is 2.68. The van der Waals surface area contributed by atoms with E-state index >= 15 is 0 Å². The van der Waals surface area contributed by atoms with Gasteiger partial charge < -0.3 is 14.6 Å². The minimum Gasteiger partial charge on any atom is -0.393 e. The molecule has 1 aliphatic rings. The number of benzene rings is 1. The molecule has 1 saturated heterocycles. The largest absolute Gasteiger partial charge is 0.393 e. The van der Waals surface area contributed by atoms with Gasteiger partial charge in [-0.15, -0.1) is 0 Å². The maximum atomic E-state index is 12.6. The van der Waals surface area contributed by atoms with Crippen molar-refractivity contribution in [3.63, 3.8) is 0 Å². The normalized spacial score (nSPS) is 16.1. The van der Waals surface area contributed by atoms with Crippen molar-refractivity contribution in [2.45, 2.75) is 18.9 Å². The second-order valence-electron chi connectivity index (χ2n) is 5.79. The number of aliphatic hydroxyl groups is 1. The van der Waals surface area contributed by atoms with Gasteiger partial charge in [-0.3, -0.25) is 4.79 Å². The molecule has 6 heteroatoms. The first-order chi connectivity index (χ1) is 11.2. The molecule has 4 rings (SSSR count). The number of thiazole rings is 1. The van der Waals surface area contributed by atoms with Gasteiger partial charge in [-0.1, -0.05) is 11.3 Å². The van der Waals surface area contributed by atoms with E-state index in [2.05, 4.69) is 4.98 Å². The molecule has 0 aliphatic carbocycles. The Morgan fingerprint density at radius 1 is 1.22 bits per heavy atom. The van der Waals surface area contributed by atoms with Crippen molar-refractivity contribution in [1.82, 2.24) is 14.5 Å². The number of piperidine rings is 1. The minimum atomic E-state index is -0.271. The second-order valence-corrected chi connectivity index (χ2v) is 6.80. The Bertz CT molecular complexity index is 833. The van der Waals surface area contributed by atoms with E-state index in [4.69, 9.17) is 0 Å². The Labute approximate surface area is 137 Å². The average Bonchev–Trinajstić information content (AvgIpc) is 3.23. The van der Waals surface area contributed by atoms with Crippen molar-refractivity contribution in [3.8, 4) is 5.13 Å². The Kier molecular flexibility index (Phi) is 3.63. The van der Waals surface area contributed by atoms with Crippen LogP contribution in [-0.2, 0) is 0 Å². The van der Waals surface area contributed by atoms with Crippen LogP contribution in [0.1, 0.15) is 23.2 Å². The SMILES string of the molecule is O=C(c1ccc2nc(-n3cccc3)sc2c1)N1CCC(O)CC1. The molecule has 0 bridgehead atoms. The molecule has 1 N–H and O–H groups in total. The van der Waals surface area contributed by atoms with E-state index in [1.54, 1.807) is 11.3 Å². The van der Waals surface area contributed by atoms with E-state index in [0.29, 0.717) is 31.5 Å². The summed E-state index contributed by atoms with van der Waals surface area (Å²) in [7, 11) is 0. The van der Waals surface area contributed by atoms with Crippen molar-refractivity contribution in [2.24, 2.45) is 0 Å². The highest BCUT2D eigenvalue weighted by atomic mass is 32.1. The van der Waals surface area contributed by atoms with Crippen LogP contribution in [0.5, 0.6) is 0 Å². The molecule has 1 amide bonds. The van der Waals surface area contributed by atoms with Crippen molar-refractivity contribution in [1.29, 1.82) is 0 Å². The highest BCUT2D eigenvalue weighted by Gasteiger charge is 2.22. The Balaban J connectivity index is 1.62. The van der Waals surface area contributed by atoms with E-state index in [1.807, 2.05) is 52.2 Å². The number of hydrogen-bond acceptors (Lipinski definition) is 4. The lowest BCUT2D eigenvalue weighted by Gasteiger charge is -2.29. The third-order valence-corrected chi connectivity index (χ3v) is 5.23. The summed E-state index contributed by atoms with van der Waals surface area (Å²) in [5, 5.41) is 10.5. The van der Waals surface area contributed by atoms with Gasteiger partial charge >= 0.3 is 0 Å². The van der Waals surface area contributed by atoms with Gasteiger partial charge in [-0.25, -0.2) is 4.98 Å². The number of fused-ring (bicyclic) bond motifs is 1. The molecule has 2 aromatic heterocycles. The number of aromatic nitrogens is 2. The molecular weight excluding hydrogens is 310 g/mol. The van der Waals surface area contributed by atoms with Gasteiger partial charge in [0, 0.05) is 31.0 Å². The third-order valence-electron chi connectivity index (χ3n) is 4.20. The van der Waals surface area contributed by atoms with Crippen LogP contribution in [-0.4, -0.2) is 44.7 Å². The summed E-state index contributed by atoms with van der Waals surface area (Å²) >= 11 is 1.57. The van der Waals surface area contributed by atoms with Crippen molar-refractivity contribution in [3.05, 3.63) is 48.3 Å². The van der Waals surface area contributed by atoms with Crippen LogP contribution < -0.4 is 0 Å². The van der Waals surface area contributed by atoms with Crippen molar-refractivity contribution >= 4 is 27.5 Å². The van der Waals surface area contributed by atoms with E-state index < -0.39 is 0 Å². The number of carbonyl (C=O) groups is 1. The van der Waals surface area contributed by atoms with Gasteiger partial charge in [-0.05, 0) is 43.2 Å². The van der Waals surface area contributed by atoms with Crippen LogP contribution in [0.4, 0.5) is 0 Å². The van der Waals surface area contributed by atoms with Crippen LogP contribution >= 0.6 is 11.3 Å². The quantitative estimate of drug-likeness (QED) is 0.787. The Hall–Kier alpha value is -2.18. The first-order valence-electron chi connectivity index (χ1n) is 7.72. The fraction of sp³-hybridized carbons (Fsp3) is 0.294. The standard InChI is InChI=1S/C17H17N3O2S/c21-13-5-9-19(10-6-13)16(22)12-3-4-14-15(11-12)23-17(18-14)20-7-1-2-8-20/h1-4,7-8,11,13,21H,5-6,9-10H2. The lowest BCUT2D eigenvalue weighted by Crippen LogP contribution is -2.40. The molecule has 1 fully saturated rings. The molecule has 3 heterocycles. The summed E-state index contributed by atoms with van der Waals surface area (Å²) in [5.41, 5.74) is 1.60. The second kappa shape index (κ2) is 5.79. The lowest BCUT2D eigenvalue weighted by molar-refractivity contribution is 0.0546. The Morgan fingerprint density at radius 3 is 2.70 bits per heavy atom. The van der Waals surface area contributed by atoms with E-state index in [9.17, 15) is 9.90 Å². The maximum Gasteiger partial charge on any atom is 0.253 e. The van der Waals surface area contributed by atoms with Gasteiger partial charge in [0.15, 0.2) is 5.13 Å². The summed E-state index contributed by atoms with van der Waals surface area (Å²) in [6, 6.07) is 9.60. The van der Waals surface area contributed by atoms with Crippen LogP contribution in [0, 0.1) is 0 Å². The number of likely N-dealkylation sites (tertiary alicyclic amines) is 1. The highest BCUT2D eigenvalue weighted by Crippen LogP contribution is 2.26. The number of rotatable bonds is 2. The molecule has 1 aliphatic heterocycles. The molecule has 1 aromatic carbocycles. The number of aliphatic hydroxyl groups excluding tert-OH is 1. The summed E-state index contributed by atoms with van der Waals surface area (Å²) < 4.78 is 2.98. The van der Waals surface area contributed by atoms with Gasteiger partial charge in [0.1, 0.15) is 0 Å². The van der Waals surface area contributed by atoms with Crippen molar-refractivity contribution < 1.29 is 9.90 Å². The Morgan fingerprint density at radius 2 is 1.96 bits per heavy atom. The molecule has 0 unspecified atom stereocenters. The van der Waals surface area contributed by atoms with E-state index in [-0.39, 0.29) is 12.0 Å². The minimum absolute atomic E-state index is 0.0368. The van der Waals surface area contributed by atoms with Crippen LogP contribution in [0.25, 0.3) is 15.3 Å². The molecule has 23 heavy (non-hydrogen) atoms. The average molecular weight is 327 g/mol. The zero-order valence-corrected chi connectivity index (χ0v) is 13.4. The molecular formula is C17H17N3O2S. The topological polar surface area (TPSA) is 58.4 Å². The number of carbonyl (C=O) groups excluding carboxylic acids is 1. The molecule has 0 saturated carbocycles. The van der Waals surface area contributed by atoms with Gasteiger partial charge in [-0.2, -0.15) is 0 Å². The monoisotopic (exact) mass is 327 g/mol. The summed E-state index contributed by atoms with van der Waals surface area (Å²) in [5.74, 6) is 0.0368. The van der Waals surface area contributed by atoms with Crippen molar-refractivity contribution in [2.75, 3.05) is 13.1 Å². The van der Waals surface area contributed by atoms with Crippen LogP contribution in [0.2, 0.25) is 0 Å². The first kappa shape index (κ1) is 14.4. The number of amides is 1. The van der Waals surface area contributed by atoms with Gasteiger partial charge in [0.05, 0.1) is 16.3 Å². The fourth-order valence-corrected chi connectivity index (χ4v) is 3.84. The summed E-state index contributed by atoms with van der Waals surface area (Å²) in [6.45, 7) is 1.24. The molecule has 118 valence electrons. The lowest BCUT2D eigenvalue weighted by atomic mass is 10.1. The summed E-state index contributed by atoms with van der Waals surface area (Å²) in [4.78, 5) is 19.0. The first-order valence-corrected chi connectivity index (χ1v) is 8.53. The molecule has 0 radical (unpaired) electrons. The highest BCUT2D eigenvalue weighted by molar-refractivity contribution is 7.20. The molecule has 0 spiro atoms. The van der Waals surface area contributed by atoms with E-state index in [0.717, 1.165) is 15.3 Å². The molecule has 0 atom stereocenters. The number of hydrogen-bond donors (Lipinski definition) is 1. The molecule has 3 aromatic rings. The van der Waals surface area contributed by atoms with Gasteiger partial charge in [0.25, 0.3) is 5.91 Å². The van der Waals surface area contributed by atoms with Crippen LogP contribution in [0.15, 0.2) is 42.7 Å². The molecule has 5 nitrogen and oxygen atoms in total. The smallest absolute Gasteiger partial charge is 0.253 e. The third kappa shape index (κ3) is 2.75.